The van der Waals surface area contributed by atoms with E-state index in [-0.39, 0.29) is 6.61 Å². The minimum atomic E-state index is -0.884. The van der Waals surface area contributed by atoms with Gasteiger partial charge in [-0.3, -0.25) is 14.9 Å². The summed E-state index contributed by atoms with van der Waals surface area (Å²) in [7, 11) is 0. The van der Waals surface area contributed by atoms with Crippen molar-refractivity contribution in [2.75, 3.05) is 6.61 Å². The van der Waals surface area contributed by atoms with E-state index >= 15 is 0 Å². The molecule has 0 unspecified atom stereocenters. The van der Waals surface area contributed by atoms with Crippen molar-refractivity contribution >= 4 is 17.4 Å². The van der Waals surface area contributed by atoms with Crippen LogP contribution in [0.4, 0.5) is 5.69 Å². The number of nitro benzene ring substituents is 1. The van der Waals surface area contributed by atoms with E-state index in [1.165, 1.54) is 0 Å². The van der Waals surface area contributed by atoms with Crippen molar-refractivity contribution in [3.63, 3.8) is 0 Å². The molecule has 0 bridgehead atoms. The van der Waals surface area contributed by atoms with Crippen LogP contribution in [0.25, 0.3) is 0 Å². The third kappa shape index (κ3) is 3.55. The first-order chi connectivity index (χ1) is 9.36. The van der Waals surface area contributed by atoms with E-state index in [4.69, 9.17) is 0 Å². The Morgan fingerprint density at radius 3 is 2.45 bits per heavy atom. The molecule has 0 saturated carbocycles. The predicted octanol–water partition coefficient (Wildman–Crippen LogP) is 1.31. The number of hydrogen-bond acceptors (Lipinski definition) is 7. The Labute approximate surface area is 113 Å². The van der Waals surface area contributed by atoms with Crippen LogP contribution in [0, 0.1) is 10.1 Å². The summed E-state index contributed by atoms with van der Waals surface area (Å²) in [5, 5.41) is 29.2. The lowest BCUT2D eigenvalue weighted by Crippen LogP contribution is -2.04. The zero-order valence-corrected chi connectivity index (χ0v) is 10.4. The van der Waals surface area contributed by atoms with Crippen LogP contribution in [0.5, 0.6) is 11.5 Å². The molecule has 0 fully saturated rings. The molecule has 0 saturated heterocycles. The fourth-order valence-electron chi connectivity index (χ4n) is 1.34. The number of allylic oxidation sites excluding steroid dienone is 1. The van der Waals surface area contributed by atoms with Gasteiger partial charge in [0.25, 0.3) is 5.69 Å². The number of phenols is 2. The van der Waals surface area contributed by atoms with E-state index in [1.807, 2.05) is 0 Å². The van der Waals surface area contributed by atoms with Gasteiger partial charge in [-0.1, -0.05) is 0 Å². The topological polar surface area (TPSA) is 127 Å². The molecular formula is C12H11NO7. The Bertz CT molecular complexity index is 592. The second-order valence-corrected chi connectivity index (χ2v) is 3.56. The van der Waals surface area contributed by atoms with Gasteiger partial charge in [-0.05, 0) is 13.0 Å². The number of nitro groups is 1. The van der Waals surface area contributed by atoms with Gasteiger partial charge in [-0.25, -0.2) is 4.79 Å². The van der Waals surface area contributed by atoms with Crippen LogP contribution in [0.15, 0.2) is 24.3 Å². The number of aromatic hydroxyl groups is 2. The maximum absolute atomic E-state index is 11.8. The van der Waals surface area contributed by atoms with Crippen LogP contribution >= 0.6 is 0 Å². The lowest BCUT2D eigenvalue weighted by Gasteiger charge is -2.02. The first kappa shape index (κ1) is 15.2. The maximum Gasteiger partial charge on any atom is 0.330 e. The molecule has 8 heteroatoms. The number of nitrogens with zero attached hydrogens (tertiary/aromatic N) is 1. The third-order valence-electron chi connectivity index (χ3n) is 2.21. The second kappa shape index (κ2) is 6.32. The van der Waals surface area contributed by atoms with E-state index in [9.17, 15) is 29.9 Å². The Kier molecular flexibility index (Phi) is 4.79. The molecule has 20 heavy (non-hydrogen) atoms. The van der Waals surface area contributed by atoms with Crippen molar-refractivity contribution in [3.05, 3.63) is 40.0 Å². The normalized spacial score (nSPS) is 10.4. The van der Waals surface area contributed by atoms with E-state index < -0.39 is 39.4 Å². The second-order valence-electron chi connectivity index (χ2n) is 3.56. The van der Waals surface area contributed by atoms with Crippen LogP contribution in [-0.4, -0.2) is 33.5 Å². The average molecular weight is 281 g/mol. The summed E-state index contributed by atoms with van der Waals surface area (Å²) in [6.07, 6.45) is 1.61. The lowest BCUT2D eigenvalue weighted by molar-refractivity contribution is -0.385. The Morgan fingerprint density at radius 1 is 1.30 bits per heavy atom. The molecule has 1 aromatic rings. The van der Waals surface area contributed by atoms with Gasteiger partial charge in [0.1, 0.15) is 5.56 Å². The molecule has 1 rings (SSSR count). The Hall–Kier alpha value is -2.90. The highest BCUT2D eigenvalue weighted by molar-refractivity contribution is 6.09. The van der Waals surface area contributed by atoms with Gasteiger partial charge < -0.3 is 14.9 Å². The largest absolute Gasteiger partial charge is 0.504 e. The van der Waals surface area contributed by atoms with Crippen LogP contribution in [0.1, 0.15) is 17.3 Å². The highest BCUT2D eigenvalue weighted by atomic mass is 16.6. The van der Waals surface area contributed by atoms with Crippen LogP contribution in [0.2, 0.25) is 0 Å². The number of ether oxygens (including phenoxy) is 1. The van der Waals surface area contributed by atoms with E-state index in [0.717, 1.165) is 18.2 Å². The van der Waals surface area contributed by atoms with Crippen LogP contribution in [0.3, 0.4) is 0 Å². The standard InChI is InChI=1S/C12H11NO7/c1-2-20-12(17)4-3-9(14)7-5-10(15)11(16)6-8(7)13(18)19/h3-6,15-16H,2H2,1H3/b4-3+. The molecule has 0 aliphatic carbocycles. The minimum Gasteiger partial charge on any atom is -0.504 e. The molecule has 8 nitrogen and oxygen atoms in total. The van der Waals surface area contributed by atoms with Gasteiger partial charge in [-0.15, -0.1) is 0 Å². The smallest absolute Gasteiger partial charge is 0.330 e. The van der Waals surface area contributed by atoms with E-state index in [0.29, 0.717) is 6.07 Å². The average Bonchev–Trinajstić information content (AvgIpc) is 2.38. The van der Waals surface area contributed by atoms with Crippen LogP contribution in [-0.2, 0) is 9.53 Å². The Balaban J connectivity index is 3.12. The summed E-state index contributed by atoms with van der Waals surface area (Å²) >= 11 is 0. The zero-order valence-electron chi connectivity index (χ0n) is 10.4. The molecule has 0 spiro atoms. The SMILES string of the molecule is CCOC(=O)/C=C/C(=O)c1cc(O)c(O)cc1[N+](=O)[O-]. The van der Waals surface area contributed by atoms with Gasteiger partial charge in [0.2, 0.25) is 0 Å². The van der Waals surface area contributed by atoms with Crippen molar-refractivity contribution in [3.8, 4) is 11.5 Å². The fourth-order valence-corrected chi connectivity index (χ4v) is 1.34. The first-order valence-electron chi connectivity index (χ1n) is 5.46. The summed E-state index contributed by atoms with van der Waals surface area (Å²) in [4.78, 5) is 32.7. The number of hydrogen-bond donors (Lipinski definition) is 2. The summed E-state index contributed by atoms with van der Waals surface area (Å²) in [5.41, 5.74) is -1.13. The molecule has 2 N–H and O–H groups in total. The third-order valence-corrected chi connectivity index (χ3v) is 2.21. The van der Waals surface area contributed by atoms with Crippen LogP contribution < -0.4 is 0 Å². The van der Waals surface area contributed by atoms with Gasteiger partial charge in [0, 0.05) is 12.1 Å². The number of carbonyl (C=O) groups is 2. The van der Waals surface area contributed by atoms with Gasteiger partial charge in [-0.2, -0.15) is 0 Å². The number of esters is 1. The highest BCUT2D eigenvalue weighted by Crippen LogP contribution is 2.33. The molecule has 0 amide bonds. The molecule has 0 aliphatic heterocycles. The molecule has 0 aromatic heterocycles. The van der Waals surface area contributed by atoms with E-state index in [2.05, 4.69) is 4.74 Å². The van der Waals surface area contributed by atoms with E-state index in [1.54, 1.807) is 6.92 Å². The molecule has 0 radical (unpaired) electrons. The van der Waals surface area contributed by atoms with Gasteiger partial charge >= 0.3 is 5.97 Å². The number of rotatable bonds is 5. The molecule has 0 aliphatic rings. The fraction of sp³-hybridized carbons (Fsp3) is 0.167. The van der Waals surface area contributed by atoms with Gasteiger partial charge in [0.15, 0.2) is 17.3 Å². The minimum absolute atomic E-state index is 0.123. The zero-order chi connectivity index (χ0) is 15.3. The summed E-state index contributed by atoms with van der Waals surface area (Å²) in [5.74, 6) is -3.04. The highest BCUT2D eigenvalue weighted by Gasteiger charge is 2.22. The van der Waals surface area contributed by atoms with Crippen molar-refractivity contribution in [2.24, 2.45) is 0 Å². The monoisotopic (exact) mass is 281 g/mol. The van der Waals surface area contributed by atoms with Gasteiger partial charge in [0.05, 0.1) is 17.6 Å². The summed E-state index contributed by atoms with van der Waals surface area (Å²) in [6, 6.07) is 1.41. The molecule has 1 aromatic carbocycles. The first-order valence-corrected chi connectivity index (χ1v) is 5.46. The molecule has 106 valence electrons. The van der Waals surface area contributed by atoms with Crippen molar-refractivity contribution in [2.45, 2.75) is 6.92 Å². The molecular weight excluding hydrogens is 270 g/mol. The summed E-state index contributed by atoms with van der Waals surface area (Å²) in [6.45, 7) is 1.70. The number of ketones is 1. The van der Waals surface area contributed by atoms with Crippen molar-refractivity contribution in [1.82, 2.24) is 0 Å². The molecule has 0 atom stereocenters. The molecule has 0 heterocycles. The lowest BCUT2D eigenvalue weighted by atomic mass is 10.1. The quantitative estimate of drug-likeness (QED) is 0.208. The Morgan fingerprint density at radius 2 is 1.90 bits per heavy atom. The predicted molar refractivity (Wildman–Crippen MR) is 66.5 cm³/mol. The summed E-state index contributed by atoms with van der Waals surface area (Å²) < 4.78 is 4.55. The van der Waals surface area contributed by atoms with Crippen molar-refractivity contribution < 1.29 is 29.5 Å². The number of phenolic OH excluding ortho intramolecular Hbond substituents is 2. The number of carbonyl (C=O) groups excluding carboxylic acids is 2. The maximum atomic E-state index is 11.8. The number of benzene rings is 1. The van der Waals surface area contributed by atoms with Crippen molar-refractivity contribution in [1.29, 1.82) is 0 Å².